The average molecular weight is 817 g/mol. The van der Waals surface area contributed by atoms with E-state index in [9.17, 15) is 0 Å². The van der Waals surface area contributed by atoms with E-state index in [1.807, 2.05) is 30.3 Å². The lowest BCUT2D eigenvalue weighted by atomic mass is 9.93. The zero-order valence-corrected chi connectivity index (χ0v) is 34.9. The first kappa shape index (κ1) is 37.2. The molecule has 300 valence electrons. The summed E-state index contributed by atoms with van der Waals surface area (Å²) >= 11 is 0. The summed E-state index contributed by atoms with van der Waals surface area (Å²) in [7, 11) is 0. The molecule has 0 N–H and O–H groups in total. The zero-order chi connectivity index (χ0) is 42.4. The Morgan fingerprint density at radius 3 is 1.44 bits per heavy atom. The summed E-state index contributed by atoms with van der Waals surface area (Å²) in [6, 6.07) is 86.7. The average Bonchev–Trinajstić information content (AvgIpc) is 3.82. The van der Waals surface area contributed by atoms with E-state index in [0.29, 0.717) is 5.89 Å². The van der Waals surface area contributed by atoms with Gasteiger partial charge in [-0.05, 0) is 120 Å². The molecule has 12 rings (SSSR count). The van der Waals surface area contributed by atoms with Crippen molar-refractivity contribution < 1.29 is 4.42 Å². The number of benzene rings is 11. The first-order valence-corrected chi connectivity index (χ1v) is 21.8. The second-order valence-electron chi connectivity index (χ2n) is 16.3. The monoisotopic (exact) mass is 816 g/mol. The Kier molecular flexibility index (Phi) is 9.16. The van der Waals surface area contributed by atoms with Gasteiger partial charge in [-0.1, -0.05) is 188 Å². The Hall–Kier alpha value is -8.53. The van der Waals surface area contributed by atoms with Crippen molar-refractivity contribution in [3.8, 4) is 56.0 Å². The number of aromatic nitrogens is 1. The van der Waals surface area contributed by atoms with Crippen molar-refractivity contribution >= 4 is 60.5 Å². The van der Waals surface area contributed by atoms with Gasteiger partial charge in [0, 0.05) is 27.9 Å². The molecule has 3 nitrogen and oxygen atoms in total. The normalized spacial score (nSPS) is 11.4. The molecule has 0 unspecified atom stereocenters. The zero-order valence-electron chi connectivity index (χ0n) is 34.9. The van der Waals surface area contributed by atoms with Crippen LogP contribution in [0.5, 0.6) is 0 Å². The van der Waals surface area contributed by atoms with Crippen molar-refractivity contribution in [3.63, 3.8) is 0 Å². The van der Waals surface area contributed by atoms with Crippen LogP contribution >= 0.6 is 0 Å². The Bertz CT molecular complexity index is 3630. The largest absolute Gasteiger partial charge is 0.435 e. The number of nitrogens with zero attached hydrogens (tertiary/aromatic N) is 2. The molecule has 0 aliphatic rings. The van der Waals surface area contributed by atoms with Gasteiger partial charge in [0.05, 0.1) is 5.69 Å². The van der Waals surface area contributed by atoms with Crippen molar-refractivity contribution in [1.29, 1.82) is 0 Å². The molecule has 0 aliphatic carbocycles. The Balaban J connectivity index is 0.910. The predicted octanol–water partition coefficient (Wildman–Crippen LogP) is 17.1. The summed E-state index contributed by atoms with van der Waals surface area (Å²) in [5.41, 5.74) is 15.2. The van der Waals surface area contributed by atoms with Crippen LogP contribution in [0.25, 0.3) is 99.4 Å². The SMILES string of the molecule is c1ccc(-c2nc3cc(-c4ccc(-c5ccc(N(c6ccc(-c7cc8ccccc8c8ccccc78)cc6)c6ccccc6-c6ccccc6)cc5)cc4)c4ccccc4c3o2)cc1. The molecule has 3 heteroatoms. The van der Waals surface area contributed by atoms with Crippen LogP contribution in [0, 0.1) is 0 Å². The minimum absolute atomic E-state index is 0.630. The van der Waals surface area contributed by atoms with Gasteiger partial charge in [0.15, 0.2) is 5.58 Å². The lowest BCUT2D eigenvalue weighted by Crippen LogP contribution is -2.11. The fraction of sp³-hybridized carbons (Fsp3) is 0. The number of anilines is 3. The summed E-state index contributed by atoms with van der Waals surface area (Å²) in [5.74, 6) is 0.630. The molecule has 0 radical (unpaired) electrons. The van der Waals surface area contributed by atoms with Crippen molar-refractivity contribution in [2.24, 2.45) is 0 Å². The second-order valence-corrected chi connectivity index (χ2v) is 16.3. The molecule has 0 saturated heterocycles. The van der Waals surface area contributed by atoms with Crippen molar-refractivity contribution in [2.45, 2.75) is 0 Å². The van der Waals surface area contributed by atoms with E-state index < -0.39 is 0 Å². The number of para-hydroxylation sites is 1. The lowest BCUT2D eigenvalue weighted by molar-refractivity contribution is 0.623. The van der Waals surface area contributed by atoms with Gasteiger partial charge in [-0.15, -0.1) is 0 Å². The quantitative estimate of drug-likeness (QED) is 0.143. The van der Waals surface area contributed by atoms with Gasteiger partial charge in [0.1, 0.15) is 5.52 Å². The maximum Gasteiger partial charge on any atom is 0.227 e. The number of hydrogen-bond acceptors (Lipinski definition) is 3. The summed E-state index contributed by atoms with van der Waals surface area (Å²) in [6.45, 7) is 0. The van der Waals surface area contributed by atoms with E-state index in [0.717, 1.165) is 66.8 Å². The van der Waals surface area contributed by atoms with Gasteiger partial charge in [-0.3, -0.25) is 0 Å². The molecule has 12 aromatic rings. The van der Waals surface area contributed by atoms with E-state index in [-0.39, 0.29) is 0 Å². The molecule has 0 spiro atoms. The van der Waals surface area contributed by atoms with Gasteiger partial charge < -0.3 is 9.32 Å². The Morgan fingerprint density at radius 2 is 0.766 bits per heavy atom. The van der Waals surface area contributed by atoms with Crippen LogP contribution in [0.15, 0.2) is 247 Å². The second kappa shape index (κ2) is 15.7. The highest BCUT2D eigenvalue weighted by Crippen LogP contribution is 2.43. The van der Waals surface area contributed by atoms with Crippen LogP contribution in [-0.2, 0) is 0 Å². The van der Waals surface area contributed by atoms with Gasteiger partial charge in [0.25, 0.3) is 0 Å². The molecule has 64 heavy (non-hydrogen) atoms. The molecule has 0 fully saturated rings. The van der Waals surface area contributed by atoms with Crippen molar-refractivity contribution in [1.82, 2.24) is 4.98 Å². The Labute approximate surface area is 371 Å². The van der Waals surface area contributed by atoms with Crippen molar-refractivity contribution in [2.75, 3.05) is 4.90 Å². The van der Waals surface area contributed by atoms with Crippen LogP contribution in [0.3, 0.4) is 0 Å². The van der Waals surface area contributed by atoms with Crippen LogP contribution in [0.1, 0.15) is 0 Å². The minimum Gasteiger partial charge on any atom is -0.435 e. The molecule has 0 bridgehead atoms. The fourth-order valence-electron chi connectivity index (χ4n) is 9.38. The van der Waals surface area contributed by atoms with Crippen LogP contribution in [-0.4, -0.2) is 4.98 Å². The molecule has 0 amide bonds. The van der Waals surface area contributed by atoms with Gasteiger partial charge in [-0.25, -0.2) is 4.98 Å². The summed E-state index contributed by atoms with van der Waals surface area (Å²) in [4.78, 5) is 7.32. The first-order chi connectivity index (χ1) is 31.7. The summed E-state index contributed by atoms with van der Waals surface area (Å²) in [6.07, 6.45) is 0. The number of oxazole rings is 1. The van der Waals surface area contributed by atoms with E-state index in [4.69, 9.17) is 9.40 Å². The minimum atomic E-state index is 0.630. The maximum absolute atomic E-state index is 6.38. The summed E-state index contributed by atoms with van der Waals surface area (Å²) in [5, 5.41) is 7.24. The standard InChI is InChI=1S/C61H40N2O/c1-3-15-43(16-4-1)51-21-13-14-26-59(51)63(49-37-33-45(34-38-49)56-39-47-19-7-8-20-50(47)52-22-9-10-23-53(52)56)48-35-31-42(32-36-48)41-27-29-44(30-28-41)57-40-58-60(55-25-12-11-24-54(55)57)64-61(62-58)46-17-5-2-6-18-46/h1-40H. The van der Waals surface area contributed by atoms with Crippen LogP contribution in [0.2, 0.25) is 0 Å². The third-order valence-corrected chi connectivity index (χ3v) is 12.5. The van der Waals surface area contributed by atoms with E-state index in [1.165, 1.54) is 43.8 Å². The van der Waals surface area contributed by atoms with E-state index >= 15 is 0 Å². The summed E-state index contributed by atoms with van der Waals surface area (Å²) < 4.78 is 6.38. The third-order valence-electron chi connectivity index (χ3n) is 12.5. The van der Waals surface area contributed by atoms with Gasteiger partial charge in [-0.2, -0.15) is 0 Å². The Morgan fingerprint density at radius 1 is 0.312 bits per heavy atom. The molecule has 0 atom stereocenters. The smallest absolute Gasteiger partial charge is 0.227 e. The molecule has 11 aromatic carbocycles. The maximum atomic E-state index is 6.38. The van der Waals surface area contributed by atoms with Gasteiger partial charge in [0.2, 0.25) is 5.89 Å². The van der Waals surface area contributed by atoms with Crippen LogP contribution in [0.4, 0.5) is 17.1 Å². The highest BCUT2D eigenvalue weighted by atomic mass is 16.3. The number of fused-ring (bicyclic) bond motifs is 6. The molecule has 0 aliphatic heterocycles. The highest BCUT2D eigenvalue weighted by Gasteiger charge is 2.19. The number of rotatable bonds is 8. The van der Waals surface area contributed by atoms with Crippen LogP contribution < -0.4 is 4.90 Å². The topological polar surface area (TPSA) is 29.3 Å². The van der Waals surface area contributed by atoms with Gasteiger partial charge >= 0.3 is 0 Å². The molecular formula is C61H40N2O. The number of hydrogen-bond donors (Lipinski definition) is 0. The highest BCUT2D eigenvalue weighted by molar-refractivity contribution is 6.14. The third kappa shape index (κ3) is 6.59. The molecule has 0 saturated carbocycles. The lowest BCUT2D eigenvalue weighted by Gasteiger charge is -2.28. The first-order valence-electron chi connectivity index (χ1n) is 21.8. The van der Waals surface area contributed by atoms with Crippen molar-refractivity contribution in [3.05, 3.63) is 243 Å². The predicted molar refractivity (Wildman–Crippen MR) is 268 cm³/mol. The van der Waals surface area contributed by atoms with E-state index in [2.05, 4.69) is 217 Å². The molecular weight excluding hydrogens is 777 g/mol. The van der Waals surface area contributed by atoms with E-state index in [1.54, 1.807) is 0 Å². The molecule has 1 aromatic heterocycles. The fourth-order valence-corrected chi connectivity index (χ4v) is 9.38. The molecule has 1 heterocycles.